The van der Waals surface area contributed by atoms with E-state index in [9.17, 15) is 15.2 Å². The van der Waals surface area contributed by atoms with Crippen molar-refractivity contribution in [1.82, 2.24) is 0 Å². The Labute approximate surface area is 86.4 Å². The van der Waals surface area contributed by atoms with Crippen molar-refractivity contribution in [2.45, 2.75) is 13.5 Å². The Morgan fingerprint density at radius 1 is 1.60 bits per heavy atom. The first kappa shape index (κ1) is 11.2. The molecule has 0 unspecified atom stereocenters. The van der Waals surface area contributed by atoms with E-state index in [1.807, 2.05) is 0 Å². The van der Waals surface area contributed by atoms with Crippen molar-refractivity contribution in [2.24, 2.45) is 0 Å². The third kappa shape index (κ3) is 2.78. The van der Waals surface area contributed by atoms with E-state index in [-0.39, 0.29) is 18.1 Å². The van der Waals surface area contributed by atoms with Crippen LogP contribution in [0.15, 0.2) is 23.9 Å². The zero-order chi connectivity index (χ0) is 11.4. The highest BCUT2D eigenvalue weighted by atomic mass is 16.6. The smallest absolute Gasteiger partial charge is 0.243 e. The first-order valence-corrected chi connectivity index (χ1v) is 4.30. The molecule has 1 rings (SSSR count). The molecular weight excluding hydrogens is 198 g/mol. The van der Waals surface area contributed by atoms with Gasteiger partial charge in [0.05, 0.1) is 11.5 Å². The van der Waals surface area contributed by atoms with Gasteiger partial charge in [-0.1, -0.05) is 12.1 Å². The van der Waals surface area contributed by atoms with E-state index >= 15 is 0 Å². The average Bonchev–Trinajstić information content (AvgIpc) is 2.18. The Kier molecular flexibility index (Phi) is 3.41. The van der Waals surface area contributed by atoms with E-state index in [1.165, 1.54) is 25.1 Å². The molecule has 0 aromatic heterocycles. The van der Waals surface area contributed by atoms with Gasteiger partial charge in [0.2, 0.25) is 5.70 Å². The molecule has 2 N–H and O–H groups in total. The summed E-state index contributed by atoms with van der Waals surface area (Å²) in [5.74, 6) is -0.0672. The first-order valence-electron chi connectivity index (χ1n) is 4.30. The van der Waals surface area contributed by atoms with Gasteiger partial charge in [0.15, 0.2) is 0 Å². The molecular formula is C10H11NO4. The molecule has 0 atom stereocenters. The number of phenols is 1. The number of aromatic hydroxyl groups is 1. The Bertz CT molecular complexity index is 412. The van der Waals surface area contributed by atoms with Gasteiger partial charge >= 0.3 is 0 Å². The molecule has 0 amide bonds. The summed E-state index contributed by atoms with van der Waals surface area (Å²) in [4.78, 5) is 9.84. The van der Waals surface area contributed by atoms with E-state index in [2.05, 4.69) is 0 Å². The summed E-state index contributed by atoms with van der Waals surface area (Å²) in [6, 6.07) is 4.49. The van der Waals surface area contributed by atoms with Crippen LogP contribution in [0.3, 0.4) is 0 Å². The summed E-state index contributed by atoms with van der Waals surface area (Å²) >= 11 is 0. The SMILES string of the molecule is C/C(=C\c1ccc(CO)c(O)c1)[N+](=O)[O-]. The molecule has 0 saturated carbocycles. The summed E-state index contributed by atoms with van der Waals surface area (Å²) < 4.78 is 0. The van der Waals surface area contributed by atoms with Gasteiger partial charge in [0, 0.05) is 18.6 Å². The van der Waals surface area contributed by atoms with Gasteiger partial charge in [0.1, 0.15) is 5.75 Å². The van der Waals surface area contributed by atoms with Crippen LogP contribution in [0.1, 0.15) is 18.1 Å². The lowest BCUT2D eigenvalue weighted by Crippen LogP contribution is -1.93. The van der Waals surface area contributed by atoms with Crippen LogP contribution < -0.4 is 0 Å². The highest BCUT2D eigenvalue weighted by Gasteiger charge is 2.04. The minimum atomic E-state index is -0.503. The molecule has 0 aliphatic carbocycles. The fourth-order valence-corrected chi connectivity index (χ4v) is 1.10. The number of hydrogen-bond donors (Lipinski definition) is 2. The highest BCUT2D eigenvalue weighted by molar-refractivity contribution is 5.54. The minimum absolute atomic E-state index is 0.00820. The van der Waals surface area contributed by atoms with E-state index in [1.54, 1.807) is 6.07 Å². The zero-order valence-electron chi connectivity index (χ0n) is 8.17. The summed E-state index contributed by atoms with van der Waals surface area (Å²) in [5, 5.41) is 28.5. The Morgan fingerprint density at radius 3 is 2.73 bits per heavy atom. The maximum Gasteiger partial charge on any atom is 0.243 e. The number of nitrogens with zero attached hydrogens (tertiary/aromatic N) is 1. The van der Waals surface area contributed by atoms with Crippen LogP contribution in [0.4, 0.5) is 0 Å². The molecule has 0 aliphatic rings. The van der Waals surface area contributed by atoms with Gasteiger partial charge in [-0.3, -0.25) is 10.1 Å². The Balaban J connectivity index is 3.03. The van der Waals surface area contributed by atoms with Crippen molar-refractivity contribution in [1.29, 1.82) is 0 Å². The van der Waals surface area contributed by atoms with Crippen LogP contribution in [-0.2, 0) is 6.61 Å². The molecule has 0 radical (unpaired) electrons. The van der Waals surface area contributed by atoms with Crippen molar-refractivity contribution >= 4 is 6.08 Å². The van der Waals surface area contributed by atoms with Crippen molar-refractivity contribution in [3.8, 4) is 5.75 Å². The van der Waals surface area contributed by atoms with Gasteiger partial charge in [-0.2, -0.15) is 0 Å². The summed E-state index contributed by atoms with van der Waals surface area (Å²) in [5.41, 5.74) is 0.913. The zero-order valence-corrected chi connectivity index (χ0v) is 8.17. The molecule has 0 saturated heterocycles. The maximum atomic E-state index is 10.3. The second kappa shape index (κ2) is 4.56. The third-order valence-electron chi connectivity index (χ3n) is 1.94. The number of aliphatic hydroxyl groups excluding tert-OH is 1. The molecule has 0 heterocycles. The molecule has 80 valence electrons. The lowest BCUT2D eigenvalue weighted by Gasteiger charge is -2.01. The minimum Gasteiger partial charge on any atom is -0.508 e. The lowest BCUT2D eigenvalue weighted by molar-refractivity contribution is -0.422. The largest absolute Gasteiger partial charge is 0.508 e. The van der Waals surface area contributed by atoms with Crippen LogP contribution in [0, 0.1) is 10.1 Å². The second-order valence-corrected chi connectivity index (χ2v) is 3.09. The van der Waals surface area contributed by atoms with Gasteiger partial charge in [-0.15, -0.1) is 0 Å². The molecule has 1 aromatic rings. The number of allylic oxidation sites excluding steroid dienone is 1. The normalized spacial score (nSPS) is 11.5. The van der Waals surface area contributed by atoms with Crippen LogP contribution in [0.25, 0.3) is 6.08 Å². The van der Waals surface area contributed by atoms with E-state index in [0.29, 0.717) is 11.1 Å². The third-order valence-corrected chi connectivity index (χ3v) is 1.94. The number of benzene rings is 1. The standard InChI is InChI=1S/C10H11NO4/c1-7(11(14)15)4-8-2-3-9(6-12)10(13)5-8/h2-5,12-13H,6H2,1H3/b7-4+. The fraction of sp³-hybridized carbons (Fsp3) is 0.200. The van der Waals surface area contributed by atoms with E-state index < -0.39 is 4.92 Å². The average molecular weight is 209 g/mol. The molecule has 5 heteroatoms. The van der Waals surface area contributed by atoms with Gasteiger partial charge in [-0.05, 0) is 11.6 Å². The molecule has 0 bridgehead atoms. The topological polar surface area (TPSA) is 83.6 Å². The lowest BCUT2D eigenvalue weighted by atomic mass is 10.1. The summed E-state index contributed by atoms with van der Waals surface area (Å²) in [6.45, 7) is 1.11. The quantitative estimate of drug-likeness (QED) is 0.584. The van der Waals surface area contributed by atoms with Crippen molar-refractivity contribution in [2.75, 3.05) is 0 Å². The van der Waals surface area contributed by atoms with Crippen LogP contribution in [0.5, 0.6) is 5.75 Å². The Morgan fingerprint density at radius 2 is 2.27 bits per heavy atom. The Hall–Kier alpha value is -1.88. The molecule has 0 fully saturated rings. The first-order chi connectivity index (χ1) is 7.04. The summed E-state index contributed by atoms with van der Waals surface area (Å²) in [6.07, 6.45) is 1.35. The van der Waals surface area contributed by atoms with Crippen LogP contribution >= 0.6 is 0 Å². The molecule has 1 aromatic carbocycles. The van der Waals surface area contributed by atoms with Gasteiger partial charge < -0.3 is 10.2 Å². The van der Waals surface area contributed by atoms with E-state index in [4.69, 9.17) is 5.11 Å². The molecule has 15 heavy (non-hydrogen) atoms. The number of rotatable bonds is 3. The van der Waals surface area contributed by atoms with E-state index in [0.717, 1.165) is 0 Å². The predicted octanol–water partition coefficient (Wildman–Crippen LogP) is 1.52. The van der Waals surface area contributed by atoms with Crippen molar-refractivity contribution < 1.29 is 15.1 Å². The predicted molar refractivity (Wildman–Crippen MR) is 54.7 cm³/mol. The summed E-state index contributed by atoms with van der Waals surface area (Å²) in [7, 11) is 0. The molecule has 0 aliphatic heterocycles. The van der Waals surface area contributed by atoms with Crippen molar-refractivity contribution in [3.63, 3.8) is 0 Å². The second-order valence-electron chi connectivity index (χ2n) is 3.09. The van der Waals surface area contributed by atoms with Crippen LogP contribution in [-0.4, -0.2) is 15.1 Å². The molecule has 0 spiro atoms. The number of hydrogen-bond acceptors (Lipinski definition) is 4. The van der Waals surface area contributed by atoms with Crippen LogP contribution in [0.2, 0.25) is 0 Å². The highest BCUT2D eigenvalue weighted by Crippen LogP contribution is 2.20. The number of nitro groups is 1. The maximum absolute atomic E-state index is 10.3. The van der Waals surface area contributed by atoms with Crippen molar-refractivity contribution in [3.05, 3.63) is 45.1 Å². The number of aliphatic hydroxyl groups is 1. The monoisotopic (exact) mass is 209 g/mol. The van der Waals surface area contributed by atoms with Gasteiger partial charge in [0.25, 0.3) is 0 Å². The fourth-order valence-electron chi connectivity index (χ4n) is 1.10. The van der Waals surface area contributed by atoms with Gasteiger partial charge in [-0.25, -0.2) is 0 Å². The molecule has 5 nitrogen and oxygen atoms in total.